The second kappa shape index (κ2) is 7.29. The van der Waals surface area contributed by atoms with Crippen LogP contribution in [0.25, 0.3) is 0 Å². The highest BCUT2D eigenvalue weighted by Crippen LogP contribution is 2.39. The number of hydrogen-bond acceptors (Lipinski definition) is 4. The highest BCUT2D eigenvalue weighted by atomic mass is 19.4. The van der Waals surface area contributed by atoms with Crippen LogP contribution in [0, 0.1) is 12.7 Å². The molecule has 31 heavy (non-hydrogen) atoms. The summed E-state index contributed by atoms with van der Waals surface area (Å²) >= 11 is 0. The number of halogens is 4. The number of carbonyl (C=O) groups excluding carboxylic acids is 2. The van der Waals surface area contributed by atoms with E-state index in [0.717, 1.165) is 6.07 Å². The Morgan fingerprint density at radius 1 is 1.10 bits per heavy atom. The Kier molecular flexibility index (Phi) is 4.87. The van der Waals surface area contributed by atoms with E-state index >= 15 is 0 Å². The molecule has 2 amide bonds. The van der Waals surface area contributed by atoms with Gasteiger partial charge in [0.25, 0.3) is 11.8 Å². The van der Waals surface area contributed by atoms with E-state index in [-0.39, 0.29) is 18.1 Å². The van der Waals surface area contributed by atoms with Gasteiger partial charge in [-0.1, -0.05) is 6.08 Å². The molecule has 0 saturated carbocycles. The van der Waals surface area contributed by atoms with E-state index < -0.39 is 35.4 Å². The summed E-state index contributed by atoms with van der Waals surface area (Å²) in [6.07, 6.45) is -1.31. The SMILES string of the molecule is CC1=NC(=O)C=CC1N1CN(c2ccc(F)cc2C)c2cc(C(F)(F)F)cnc2C1=O. The highest BCUT2D eigenvalue weighted by Gasteiger charge is 2.39. The van der Waals surface area contributed by atoms with Gasteiger partial charge in [-0.25, -0.2) is 14.4 Å². The van der Waals surface area contributed by atoms with Crippen molar-refractivity contribution in [2.45, 2.75) is 26.1 Å². The zero-order valence-electron chi connectivity index (χ0n) is 16.4. The molecule has 2 aliphatic heterocycles. The summed E-state index contributed by atoms with van der Waals surface area (Å²) < 4.78 is 53.6. The number of hydrogen-bond donors (Lipinski definition) is 0. The van der Waals surface area contributed by atoms with Crippen molar-refractivity contribution in [2.75, 3.05) is 11.6 Å². The number of nitrogens with zero attached hydrogens (tertiary/aromatic N) is 4. The minimum atomic E-state index is -4.65. The molecule has 1 atom stereocenters. The second-order valence-corrected chi connectivity index (χ2v) is 7.26. The summed E-state index contributed by atoms with van der Waals surface area (Å²) in [5, 5.41) is 0. The smallest absolute Gasteiger partial charge is 0.321 e. The van der Waals surface area contributed by atoms with Crippen LogP contribution in [0.15, 0.2) is 47.6 Å². The van der Waals surface area contributed by atoms with Crippen LogP contribution in [0.1, 0.15) is 28.5 Å². The van der Waals surface area contributed by atoms with Crippen LogP contribution < -0.4 is 4.90 Å². The average molecular weight is 432 g/mol. The maximum atomic E-state index is 13.6. The van der Waals surface area contributed by atoms with E-state index in [1.54, 1.807) is 13.8 Å². The van der Waals surface area contributed by atoms with Crippen molar-refractivity contribution in [3.05, 3.63) is 65.3 Å². The maximum Gasteiger partial charge on any atom is 0.417 e. The Balaban J connectivity index is 1.87. The molecule has 4 rings (SSSR count). The highest BCUT2D eigenvalue weighted by molar-refractivity contribution is 6.09. The number of carbonyl (C=O) groups is 2. The number of dihydropyridines is 1. The van der Waals surface area contributed by atoms with Crippen molar-refractivity contribution in [1.29, 1.82) is 0 Å². The first-order valence-corrected chi connectivity index (χ1v) is 9.25. The quantitative estimate of drug-likeness (QED) is 0.673. The number of aryl methyl sites for hydroxylation is 1. The number of alkyl halides is 3. The molecule has 2 aliphatic rings. The van der Waals surface area contributed by atoms with Crippen molar-refractivity contribution < 1.29 is 27.2 Å². The number of pyridine rings is 1. The first-order valence-electron chi connectivity index (χ1n) is 9.25. The van der Waals surface area contributed by atoms with Crippen molar-refractivity contribution in [2.24, 2.45) is 4.99 Å². The summed E-state index contributed by atoms with van der Waals surface area (Å²) in [4.78, 5) is 35.2. The first-order chi connectivity index (χ1) is 14.6. The summed E-state index contributed by atoms with van der Waals surface area (Å²) in [6, 6.07) is 4.06. The van der Waals surface area contributed by atoms with E-state index in [4.69, 9.17) is 0 Å². The molecule has 10 heteroatoms. The fourth-order valence-electron chi connectivity index (χ4n) is 3.67. The molecular formula is C21H16F4N4O2. The largest absolute Gasteiger partial charge is 0.417 e. The van der Waals surface area contributed by atoms with Crippen molar-refractivity contribution in [3.63, 3.8) is 0 Å². The lowest BCUT2D eigenvalue weighted by Crippen LogP contribution is -2.52. The lowest BCUT2D eigenvalue weighted by Gasteiger charge is -2.41. The van der Waals surface area contributed by atoms with Gasteiger partial charge >= 0.3 is 6.18 Å². The molecule has 0 radical (unpaired) electrons. The molecule has 2 aromatic rings. The predicted octanol–water partition coefficient (Wildman–Crippen LogP) is 4.03. The normalized spacial score (nSPS) is 18.9. The van der Waals surface area contributed by atoms with Gasteiger partial charge in [0, 0.05) is 23.7 Å². The van der Waals surface area contributed by atoms with Crippen LogP contribution in [-0.4, -0.2) is 40.1 Å². The van der Waals surface area contributed by atoms with E-state index in [2.05, 4.69) is 9.98 Å². The number of rotatable bonds is 2. The van der Waals surface area contributed by atoms with E-state index in [0.29, 0.717) is 23.2 Å². The van der Waals surface area contributed by atoms with Crippen LogP contribution in [0.2, 0.25) is 0 Å². The van der Waals surface area contributed by atoms with E-state index in [1.165, 1.54) is 40.2 Å². The van der Waals surface area contributed by atoms with Crippen molar-refractivity contribution in [1.82, 2.24) is 9.88 Å². The Bertz CT molecular complexity index is 1160. The molecule has 3 heterocycles. The lowest BCUT2D eigenvalue weighted by atomic mass is 10.0. The van der Waals surface area contributed by atoms with Gasteiger partial charge in [-0.15, -0.1) is 0 Å². The van der Waals surface area contributed by atoms with E-state index in [1.807, 2.05) is 0 Å². The van der Waals surface area contributed by atoms with Gasteiger partial charge in [-0.2, -0.15) is 13.2 Å². The van der Waals surface area contributed by atoms with Crippen molar-refractivity contribution in [3.8, 4) is 0 Å². The maximum absolute atomic E-state index is 13.6. The van der Waals surface area contributed by atoms with Gasteiger partial charge in [-0.05, 0) is 43.7 Å². The van der Waals surface area contributed by atoms with Crippen LogP contribution in [0.4, 0.5) is 28.9 Å². The number of fused-ring (bicyclic) bond motifs is 1. The molecular weight excluding hydrogens is 416 g/mol. The standard InChI is InChI=1S/C21H16F4N4O2/c1-11-7-14(22)3-4-15(11)28-10-29(16-5-6-18(30)27-12(16)2)20(31)19-17(28)8-13(9-26-19)21(23,24)25/h3-9,16H,10H2,1-2H3. The molecule has 0 N–H and O–H groups in total. The van der Waals surface area contributed by atoms with Crippen LogP contribution in [0.5, 0.6) is 0 Å². The Morgan fingerprint density at radius 3 is 2.48 bits per heavy atom. The Labute approximate surface area is 174 Å². The molecule has 1 aromatic carbocycles. The zero-order valence-corrected chi connectivity index (χ0v) is 16.4. The average Bonchev–Trinajstić information content (AvgIpc) is 2.68. The topological polar surface area (TPSA) is 65.9 Å². The minimum absolute atomic E-state index is 0.0313. The third-order valence-corrected chi connectivity index (χ3v) is 5.16. The summed E-state index contributed by atoms with van der Waals surface area (Å²) in [6.45, 7) is 3.06. The second-order valence-electron chi connectivity index (χ2n) is 7.26. The third-order valence-electron chi connectivity index (χ3n) is 5.16. The molecule has 1 unspecified atom stereocenters. The molecule has 0 bridgehead atoms. The lowest BCUT2D eigenvalue weighted by molar-refractivity contribution is -0.137. The predicted molar refractivity (Wildman–Crippen MR) is 105 cm³/mol. The molecule has 0 saturated heterocycles. The number of aliphatic imine (C=N–C) groups is 1. The first kappa shape index (κ1) is 20.7. The Morgan fingerprint density at radius 2 is 1.84 bits per heavy atom. The van der Waals surface area contributed by atoms with Crippen LogP contribution in [-0.2, 0) is 11.0 Å². The third kappa shape index (κ3) is 3.69. The van der Waals surface area contributed by atoms with Crippen LogP contribution >= 0.6 is 0 Å². The zero-order chi connectivity index (χ0) is 22.5. The fraction of sp³-hybridized carbons (Fsp3) is 0.238. The van der Waals surface area contributed by atoms with Gasteiger partial charge in [0.15, 0.2) is 5.69 Å². The fourth-order valence-corrected chi connectivity index (χ4v) is 3.67. The number of aromatic nitrogens is 1. The molecule has 0 aliphatic carbocycles. The van der Waals surface area contributed by atoms with Gasteiger partial charge in [0.05, 0.1) is 24.0 Å². The van der Waals surface area contributed by atoms with Gasteiger partial charge < -0.3 is 9.80 Å². The van der Waals surface area contributed by atoms with Crippen molar-refractivity contribution >= 4 is 28.9 Å². The summed E-state index contributed by atoms with van der Waals surface area (Å²) in [7, 11) is 0. The van der Waals surface area contributed by atoms with E-state index in [9.17, 15) is 27.2 Å². The number of anilines is 2. The molecule has 0 fully saturated rings. The number of benzene rings is 1. The minimum Gasteiger partial charge on any atom is -0.321 e. The van der Waals surface area contributed by atoms with Gasteiger partial charge in [0.2, 0.25) is 0 Å². The molecule has 0 spiro atoms. The van der Waals surface area contributed by atoms with Gasteiger partial charge in [0.1, 0.15) is 5.82 Å². The summed E-state index contributed by atoms with van der Waals surface area (Å²) in [5.74, 6) is -1.55. The molecule has 6 nitrogen and oxygen atoms in total. The molecule has 160 valence electrons. The van der Waals surface area contributed by atoms with Crippen LogP contribution in [0.3, 0.4) is 0 Å². The van der Waals surface area contributed by atoms with Gasteiger partial charge in [-0.3, -0.25) is 9.59 Å². The number of amides is 2. The Hall–Kier alpha value is -3.56. The summed E-state index contributed by atoms with van der Waals surface area (Å²) in [5.41, 5.74) is 0.0478. The molecule has 1 aromatic heterocycles. The monoisotopic (exact) mass is 432 g/mol.